The van der Waals surface area contributed by atoms with E-state index < -0.39 is 0 Å². The van der Waals surface area contributed by atoms with E-state index in [2.05, 4.69) is 15.2 Å². The molecule has 0 bridgehead atoms. The summed E-state index contributed by atoms with van der Waals surface area (Å²) in [6.07, 6.45) is 6.60. The number of ether oxygens (including phenoxy) is 1. The molecule has 2 aromatic heterocycles. The molecule has 25 heavy (non-hydrogen) atoms. The number of aromatic nitrogens is 3. The molecule has 0 aliphatic carbocycles. The highest BCUT2D eigenvalue weighted by Crippen LogP contribution is 2.31. The molecule has 8 heteroatoms. The number of halogens is 1. The van der Waals surface area contributed by atoms with Crippen LogP contribution in [0.4, 0.5) is 9.52 Å². The SMILES string of the molecule is CO/C1=C/C=C\N(c2nnc(C)s2)C(=O)c2cnc(C)cc2C1=CF. The molecule has 0 radical (unpaired) electrons. The predicted octanol–water partition coefficient (Wildman–Crippen LogP) is 3.56. The predicted molar refractivity (Wildman–Crippen MR) is 93.7 cm³/mol. The van der Waals surface area contributed by atoms with Crippen molar-refractivity contribution >= 4 is 27.9 Å². The first kappa shape index (κ1) is 17.0. The number of carbonyl (C=O) groups is 1. The summed E-state index contributed by atoms with van der Waals surface area (Å²) in [5.41, 5.74) is 1.49. The van der Waals surface area contributed by atoms with Gasteiger partial charge < -0.3 is 4.74 Å². The van der Waals surface area contributed by atoms with Crippen molar-refractivity contribution in [3.05, 3.63) is 64.5 Å². The minimum Gasteiger partial charge on any atom is -0.496 e. The molecule has 0 aromatic carbocycles. The summed E-state index contributed by atoms with van der Waals surface area (Å²) >= 11 is 1.28. The zero-order chi connectivity index (χ0) is 18.0. The second-order valence-corrected chi connectivity index (χ2v) is 6.41. The lowest BCUT2D eigenvalue weighted by Crippen LogP contribution is -2.26. The number of methoxy groups -OCH3 is 1. The first-order valence-corrected chi connectivity index (χ1v) is 8.20. The average molecular weight is 358 g/mol. The monoisotopic (exact) mass is 358 g/mol. The Morgan fingerprint density at radius 1 is 1.28 bits per heavy atom. The lowest BCUT2D eigenvalue weighted by molar-refractivity contribution is 0.0997. The molecule has 0 atom stereocenters. The Kier molecular flexibility index (Phi) is 4.71. The van der Waals surface area contributed by atoms with E-state index in [9.17, 15) is 9.18 Å². The van der Waals surface area contributed by atoms with Crippen molar-refractivity contribution < 1.29 is 13.9 Å². The van der Waals surface area contributed by atoms with Crippen molar-refractivity contribution in [1.29, 1.82) is 0 Å². The van der Waals surface area contributed by atoms with Crippen LogP contribution in [0.3, 0.4) is 0 Å². The Labute approximate surface area is 148 Å². The van der Waals surface area contributed by atoms with Gasteiger partial charge in [-0.3, -0.25) is 14.7 Å². The maximum absolute atomic E-state index is 13.7. The largest absolute Gasteiger partial charge is 0.496 e. The molecule has 6 nitrogen and oxygen atoms in total. The fraction of sp³-hybridized carbons (Fsp3) is 0.176. The minimum absolute atomic E-state index is 0.177. The van der Waals surface area contributed by atoms with Gasteiger partial charge in [0.25, 0.3) is 5.91 Å². The van der Waals surface area contributed by atoms with E-state index in [1.807, 2.05) is 0 Å². The Morgan fingerprint density at radius 3 is 2.72 bits per heavy atom. The lowest BCUT2D eigenvalue weighted by atomic mass is 9.99. The molecule has 0 saturated heterocycles. The zero-order valence-electron chi connectivity index (χ0n) is 13.9. The van der Waals surface area contributed by atoms with Crippen molar-refractivity contribution in [3.63, 3.8) is 0 Å². The fourth-order valence-electron chi connectivity index (χ4n) is 2.41. The molecule has 1 amide bonds. The van der Waals surface area contributed by atoms with Gasteiger partial charge in [-0.15, -0.1) is 10.2 Å². The van der Waals surface area contributed by atoms with E-state index in [1.54, 1.807) is 38.3 Å². The van der Waals surface area contributed by atoms with Crippen LogP contribution in [-0.4, -0.2) is 28.2 Å². The maximum Gasteiger partial charge on any atom is 0.266 e. The Bertz CT molecular complexity index is 917. The van der Waals surface area contributed by atoms with Crippen LogP contribution in [0.1, 0.15) is 26.6 Å². The van der Waals surface area contributed by atoms with Crippen LogP contribution in [0.15, 0.2) is 42.7 Å². The number of anilines is 1. The fourth-order valence-corrected chi connectivity index (χ4v) is 3.08. The highest BCUT2D eigenvalue weighted by molar-refractivity contribution is 7.15. The molecule has 0 N–H and O–H groups in total. The van der Waals surface area contributed by atoms with Crippen LogP contribution in [0.5, 0.6) is 0 Å². The second-order valence-electron chi connectivity index (χ2n) is 5.25. The van der Waals surface area contributed by atoms with Crippen LogP contribution in [0.2, 0.25) is 0 Å². The van der Waals surface area contributed by atoms with E-state index >= 15 is 0 Å². The number of amides is 1. The summed E-state index contributed by atoms with van der Waals surface area (Å²) in [5, 5.41) is 9.13. The first-order chi connectivity index (χ1) is 12.0. The van der Waals surface area contributed by atoms with Gasteiger partial charge in [0, 0.05) is 23.7 Å². The van der Waals surface area contributed by atoms with Gasteiger partial charge in [-0.1, -0.05) is 11.3 Å². The molecule has 3 rings (SSSR count). The van der Waals surface area contributed by atoms with Crippen LogP contribution in [-0.2, 0) is 4.74 Å². The molecule has 0 spiro atoms. The standard InChI is InChI=1S/C17H15FN4O2S/c1-10-7-12-13(8-18)15(24-3)5-4-6-22(16(23)14(12)9-19-10)17-21-20-11(2)25-17/h4-9H,1-3H3/b6-4-,13-8?,15-5+. The van der Waals surface area contributed by atoms with Crippen LogP contribution >= 0.6 is 11.3 Å². The number of allylic oxidation sites excluding steroid dienone is 3. The topological polar surface area (TPSA) is 68.2 Å². The van der Waals surface area contributed by atoms with Gasteiger partial charge >= 0.3 is 0 Å². The van der Waals surface area contributed by atoms with Crippen molar-refractivity contribution in [2.24, 2.45) is 0 Å². The van der Waals surface area contributed by atoms with Gasteiger partial charge in [-0.2, -0.15) is 0 Å². The van der Waals surface area contributed by atoms with Crippen LogP contribution in [0.25, 0.3) is 5.57 Å². The molecule has 2 aromatic rings. The third kappa shape index (κ3) is 3.20. The van der Waals surface area contributed by atoms with Gasteiger partial charge in [0.1, 0.15) is 10.8 Å². The Balaban J connectivity index is 2.24. The molecule has 0 saturated carbocycles. The number of rotatable bonds is 2. The zero-order valence-corrected chi connectivity index (χ0v) is 14.7. The molecule has 128 valence electrons. The molecule has 0 unspecified atom stereocenters. The van der Waals surface area contributed by atoms with E-state index in [-0.39, 0.29) is 17.0 Å². The summed E-state index contributed by atoms with van der Waals surface area (Å²) in [6.45, 7) is 3.57. The smallest absolute Gasteiger partial charge is 0.266 e. The second kappa shape index (κ2) is 6.94. The minimum atomic E-state index is -0.375. The molecule has 1 aliphatic rings. The molecular weight excluding hydrogens is 343 g/mol. The van der Waals surface area contributed by atoms with E-state index in [0.717, 1.165) is 5.01 Å². The van der Waals surface area contributed by atoms with Gasteiger partial charge in [0.2, 0.25) is 5.13 Å². The normalized spacial score (nSPS) is 19.5. The van der Waals surface area contributed by atoms with E-state index in [0.29, 0.717) is 28.5 Å². The molecule has 1 aliphatic heterocycles. The maximum atomic E-state index is 13.7. The number of fused-ring (bicyclic) bond motifs is 1. The van der Waals surface area contributed by atoms with Crippen LogP contribution < -0.4 is 4.90 Å². The van der Waals surface area contributed by atoms with Gasteiger partial charge in [-0.05, 0) is 32.1 Å². The van der Waals surface area contributed by atoms with Gasteiger partial charge in [0.15, 0.2) is 0 Å². The van der Waals surface area contributed by atoms with Crippen molar-refractivity contribution in [1.82, 2.24) is 15.2 Å². The highest BCUT2D eigenvalue weighted by atomic mass is 32.1. The summed E-state index contributed by atoms with van der Waals surface area (Å²) in [4.78, 5) is 18.6. The third-order valence-corrected chi connectivity index (χ3v) is 4.42. The van der Waals surface area contributed by atoms with Crippen molar-refractivity contribution in [3.8, 4) is 0 Å². The average Bonchev–Trinajstić information content (AvgIpc) is 3.04. The number of nitrogens with zero attached hydrogens (tertiary/aromatic N) is 4. The van der Waals surface area contributed by atoms with Crippen molar-refractivity contribution in [2.75, 3.05) is 12.0 Å². The van der Waals surface area contributed by atoms with Gasteiger partial charge in [0.05, 0.1) is 24.6 Å². The molecule has 0 fully saturated rings. The number of pyridine rings is 1. The number of carbonyl (C=O) groups excluding carboxylic acids is 1. The summed E-state index contributed by atoms with van der Waals surface area (Å²) < 4.78 is 18.9. The number of hydrogen-bond acceptors (Lipinski definition) is 6. The van der Waals surface area contributed by atoms with Crippen LogP contribution in [0, 0.1) is 13.8 Å². The lowest BCUT2D eigenvalue weighted by Gasteiger charge is -2.17. The van der Waals surface area contributed by atoms with E-state index in [4.69, 9.17) is 4.74 Å². The third-order valence-electron chi connectivity index (χ3n) is 3.58. The first-order valence-electron chi connectivity index (χ1n) is 7.39. The summed E-state index contributed by atoms with van der Waals surface area (Å²) in [7, 11) is 1.45. The summed E-state index contributed by atoms with van der Waals surface area (Å²) in [6, 6.07) is 1.65. The molecular formula is C17H15FN4O2S. The van der Waals surface area contributed by atoms with Crippen molar-refractivity contribution in [2.45, 2.75) is 13.8 Å². The quantitative estimate of drug-likeness (QED) is 0.821. The Morgan fingerprint density at radius 2 is 2.08 bits per heavy atom. The number of hydrogen-bond donors (Lipinski definition) is 0. The summed E-state index contributed by atoms with van der Waals surface area (Å²) in [5.74, 6) is -0.0753. The molecule has 3 heterocycles. The number of aryl methyl sites for hydroxylation is 2. The Hall–Kier alpha value is -2.87. The highest BCUT2D eigenvalue weighted by Gasteiger charge is 2.26. The van der Waals surface area contributed by atoms with Gasteiger partial charge in [-0.25, -0.2) is 4.39 Å². The van der Waals surface area contributed by atoms with E-state index in [1.165, 1.54) is 29.5 Å².